The van der Waals surface area contributed by atoms with Crippen LogP contribution in [0.4, 0.5) is 14.6 Å². The first-order valence-corrected chi connectivity index (χ1v) is 11.8. The van der Waals surface area contributed by atoms with Crippen molar-refractivity contribution in [2.75, 3.05) is 24.2 Å². The lowest BCUT2D eigenvalue weighted by Crippen LogP contribution is -2.47. The van der Waals surface area contributed by atoms with E-state index in [1.165, 1.54) is 23.0 Å². The molecule has 3 aromatic heterocycles. The highest BCUT2D eigenvalue weighted by atomic mass is 32.2. The number of hydrogen-bond donors (Lipinski definition) is 1. The molecule has 4 rings (SSSR count). The molecule has 1 saturated heterocycles. The molecule has 9 nitrogen and oxygen atoms in total. The van der Waals surface area contributed by atoms with Crippen molar-refractivity contribution in [1.82, 2.24) is 29.3 Å². The van der Waals surface area contributed by atoms with E-state index in [1.807, 2.05) is 6.92 Å². The van der Waals surface area contributed by atoms with E-state index in [4.69, 9.17) is 0 Å². The summed E-state index contributed by atoms with van der Waals surface area (Å²) in [6.07, 6.45) is 3.24. The second kappa shape index (κ2) is 8.42. The van der Waals surface area contributed by atoms with Crippen LogP contribution < -0.4 is 9.62 Å². The van der Waals surface area contributed by atoms with Crippen molar-refractivity contribution in [3.05, 3.63) is 36.4 Å². The van der Waals surface area contributed by atoms with E-state index in [2.05, 4.69) is 29.7 Å². The molecule has 0 radical (unpaired) electrons. The molecule has 0 amide bonds. The van der Waals surface area contributed by atoms with Gasteiger partial charge in [0.05, 0.1) is 18.1 Å². The van der Waals surface area contributed by atoms with Gasteiger partial charge in [0.1, 0.15) is 23.5 Å². The maximum Gasteiger partial charge on any atom is 0.282 e. The molecule has 2 atom stereocenters. The second-order valence-electron chi connectivity index (χ2n) is 7.69. The molecule has 1 N–H and O–H groups in total. The van der Waals surface area contributed by atoms with Crippen LogP contribution in [0.2, 0.25) is 0 Å². The van der Waals surface area contributed by atoms with E-state index in [-0.39, 0.29) is 17.7 Å². The fourth-order valence-corrected chi connectivity index (χ4v) is 4.42. The van der Waals surface area contributed by atoms with Crippen LogP contribution in [-0.2, 0) is 10.0 Å². The second-order valence-corrected chi connectivity index (χ2v) is 9.52. The molecule has 12 heteroatoms. The zero-order valence-corrected chi connectivity index (χ0v) is 17.9. The Balaban J connectivity index is 1.63. The molecule has 166 valence electrons. The van der Waals surface area contributed by atoms with Crippen LogP contribution in [0.3, 0.4) is 0 Å². The minimum atomic E-state index is -3.26. The Morgan fingerprint density at radius 3 is 2.81 bits per heavy atom. The molecule has 1 aliphatic rings. The predicted octanol–water partition coefficient (Wildman–Crippen LogP) is 2.28. The van der Waals surface area contributed by atoms with Gasteiger partial charge in [0.25, 0.3) is 6.43 Å². The highest BCUT2D eigenvalue weighted by molar-refractivity contribution is 7.88. The molecular formula is C19H23F2N7O2S. The largest absolute Gasteiger partial charge is 0.353 e. The topological polar surface area (TPSA) is 105 Å². The minimum absolute atomic E-state index is 0.0523. The Kier molecular flexibility index (Phi) is 5.84. The molecule has 0 spiro atoms. The number of nitrogens with one attached hydrogen (secondary N) is 1. The molecule has 0 saturated carbocycles. The molecule has 3 aromatic rings. The quantitative estimate of drug-likeness (QED) is 0.613. The van der Waals surface area contributed by atoms with Crippen molar-refractivity contribution >= 4 is 21.5 Å². The number of nitrogens with zero attached hydrogens (tertiary/aromatic N) is 6. The molecule has 31 heavy (non-hydrogen) atoms. The lowest BCUT2D eigenvalue weighted by molar-refractivity contribution is 0.144. The number of sulfonamides is 1. The first-order valence-electron chi connectivity index (χ1n) is 9.89. The fourth-order valence-electron chi connectivity index (χ4n) is 3.90. The summed E-state index contributed by atoms with van der Waals surface area (Å²) in [5.74, 6) is 0.814. The van der Waals surface area contributed by atoms with Crippen molar-refractivity contribution < 1.29 is 17.2 Å². The zero-order chi connectivity index (χ0) is 22.2. The average Bonchev–Trinajstić information content (AvgIpc) is 3.16. The number of rotatable bonds is 6. The van der Waals surface area contributed by atoms with E-state index >= 15 is 0 Å². The van der Waals surface area contributed by atoms with Crippen LogP contribution in [0.5, 0.6) is 0 Å². The standard InChI is InChI=1S/C19H23F2N7O2S/c1-12-13(9-25-31(2,29)30)4-3-7-27(12)18-8-15(23-11-24-18)16-10-22-17-6-5-14(19(20)21)26-28(16)17/h5-6,8,10-13,19,25H,3-4,7,9H2,1-2H3/t12-,13+/m1/s1. The molecule has 1 fully saturated rings. The van der Waals surface area contributed by atoms with Crippen molar-refractivity contribution in [2.24, 2.45) is 5.92 Å². The normalized spacial score (nSPS) is 20.0. The third kappa shape index (κ3) is 4.64. The maximum atomic E-state index is 13.1. The molecular weight excluding hydrogens is 428 g/mol. The molecule has 0 aromatic carbocycles. The molecule has 4 heterocycles. The van der Waals surface area contributed by atoms with E-state index in [0.717, 1.165) is 25.6 Å². The smallest absolute Gasteiger partial charge is 0.282 e. The first kappa shape index (κ1) is 21.5. The van der Waals surface area contributed by atoms with Crippen LogP contribution in [0, 0.1) is 5.92 Å². The number of hydrogen-bond acceptors (Lipinski definition) is 7. The SMILES string of the molecule is C[C@@H]1[C@H](CNS(C)(=O)=O)CCCN1c1cc(-c2cnc3ccc(C(F)F)nn23)ncn1. The minimum Gasteiger partial charge on any atom is -0.353 e. The number of piperidine rings is 1. The van der Waals surface area contributed by atoms with Gasteiger partial charge in [0, 0.05) is 25.2 Å². The monoisotopic (exact) mass is 451 g/mol. The number of imidazole rings is 1. The van der Waals surface area contributed by atoms with Gasteiger partial charge in [-0.2, -0.15) is 5.10 Å². The Morgan fingerprint density at radius 1 is 1.26 bits per heavy atom. The highest BCUT2D eigenvalue weighted by Gasteiger charge is 2.29. The summed E-state index contributed by atoms with van der Waals surface area (Å²) >= 11 is 0. The van der Waals surface area contributed by atoms with Crippen molar-refractivity contribution in [1.29, 1.82) is 0 Å². The summed E-state index contributed by atoms with van der Waals surface area (Å²) in [6.45, 7) is 3.18. The van der Waals surface area contributed by atoms with Gasteiger partial charge >= 0.3 is 0 Å². The van der Waals surface area contributed by atoms with Gasteiger partial charge in [-0.1, -0.05) is 0 Å². The van der Waals surface area contributed by atoms with Crippen LogP contribution in [0.25, 0.3) is 17.0 Å². The van der Waals surface area contributed by atoms with Gasteiger partial charge in [-0.25, -0.2) is 41.4 Å². The Hall–Kier alpha value is -2.73. The third-order valence-corrected chi connectivity index (χ3v) is 6.26. The van der Waals surface area contributed by atoms with Crippen LogP contribution in [-0.4, -0.2) is 58.4 Å². The lowest BCUT2D eigenvalue weighted by atomic mass is 9.90. The number of alkyl halides is 2. The zero-order valence-electron chi connectivity index (χ0n) is 17.1. The van der Waals surface area contributed by atoms with Gasteiger partial charge in [-0.15, -0.1) is 0 Å². The Morgan fingerprint density at radius 2 is 2.06 bits per heavy atom. The average molecular weight is 452 g/mol. The van der Waals surface area contributed by atoms with Crippen molar-refractivity contribution in [2.45, 2.75) is 32.2 Å². The maximum absolute atomic E-state index is 13.1. The summed E-state index contributed by atoms with van der Waals surface area (Å²) in [7, 11) is -3.26. The van der Waals surface area contributed by atoms with Gasteiger partial charge < -0.3 is 4.90 Å². The van der Waals surface area contributed by atoms with Crippen LogP contribution in [0.1, 0.15) is 31.9 Å². The van der Waals surface area contributed by atoms with Gasteiger partial charge in [-0.05, 0) is 37.8 Å². The number of halogens is 2. The molecule has 0 unspecified atom stereocenters. The first-order chi connectivity index (χ1) is 14.7. The lowest BCUT2D eigenvalue weighted by Gasteiger charge is -2.40. The highest BCUT2D eigenvalue weighted by Crippen LogP contribution is 2.29. The van der Waals surface area contributed by atoms with E-state index < -0.39 is 16.4 Å². The van der Waals surface area contributed by atoms with Crippen LogP contribution >= 0.6 is 0 Å². The van der Waals surface area contributed by atoms with Gasteiger partial charge in [0.2, 0.25) is 10.0 Å². The van der Waals surface area contributed by atoms with E-state index in [1.54, 1.807) is 12.3 Å². The van der Waals surface area contributed by atoms with Crippen LogP contribution in [0.15, 0.2) is 30.7 Å². The number of fused-ring (bicyclic) bond motifs is 1. The summed E-state index contributed by atoms with van der Waals surface area (Å²) in [5, 5.41) is 3.99. The Bertz CT molecular complexity index is 1180. The van der Waals surface area contributed by atoms with E-state index in [0.29, 0.717) is 29.4 Å². The Labute approximate surface area is 178 Å². The van der Waals surface area contributed by atoms with Crippen molar-refractivity contribution in [3.63, 3.8) is 0 Å². The number of anilines is 1. The van der Waals surface area contributed by atoms with Gasteiger partial charge in [0.15, 0.2) is 5.65 Å². The predicted molar refractivity (Wildman–Crippen MR) is 111 cm³/mol. The molecule has 0 aliphatic carbocycles. The van der Waals surface area contributed by atoms with Crippen molar-refractivity contribution in [3.8, 4) is 11.4 Å². The summed E-state index contributed by atoms with van der Waals surface area (Å²) < 4.78 is 53.1. The third-order valence-electron chi connectivity index (χ3n) is 5.57. The summed E-state index contributed by atoms with van der Waals surface area (Å²) in [5.41, 5.74) is 1.10. The molecule has 0 bridgehead atoms. The fraction of sp³-hybridized carbons (Fsp3) is 0.474. The number of aromatic nitrogens is 5. The summed E-state index contributed by atoms with van der Waals surface area (Å²) in [6, 6.07) is 4.58. The summed E-state index contributed by atoms with van der Waals surface area (Å²) in [4.78, 5) is 15.0. The van der Waals surface area contributed by atoms with E-state index in [9.17, 15) is 17.2 Å². The molecule has 1 aliphatic heterocycles. The van der Waals surface area contributed by atoms with Gasteiger partial charge in [-0.3, -0.25) is 0 Å².